The van der Waals surface area contributed by atoms with E-state index in [1.165, 1.54) is 0 Å². The number of aryl methyl sites for hydroxylation is 1. The fraction of sp³-hybridized carbons (Fsp3) is 0.250. The first-order chi connectivity index (χ1) is 12.7. The first-order valence-corrected chi connectivity index (χ1v) is 8.68. The Bertz CT molecular complexity index is 860. The number of hydrogen-bond acceptors (Lipinski definition) is 5. The highest BCUT2D eigenvalue weighted by Gasteiger charge is 2.08. The van der Waals surface area contributed by atoms with Crippen LogP contribution in [0.2, 0.25) is 0 Å². The molecule has 0 saturated heterocycles. The van der Waals surface area contributed by atoms with Crippen LogP contribution in [0.25, 0.3) is 11.5 Å². The summed E-state index contributed by atoms with van der Waals surface area (Å²) < 4.78 is 5.23. The molecule has 0 saturated carbocycles. The van der Waals surface area contributed by atoms with Crippen molar-refractivity contribution in [2.45, 2.75) is 26.3 Å². The number of carbonyl (C=O) groups is 1. The summed E-state index contributed by atoms with van der Waals surface area (Å²) in [6.45, 7) is 3.03. The topological polar surface area (TPSA) is 94.0 Å². The van der Waals surface area contributed by atoms with Gasteiger partial charge in [-0.3, -0.25) is 4.79 Å². The van der Waals surface area contributed by atoms with Gasteiger partial charge in [0.25, 0.3) is 11.8 Å². The van der Waals surface area contributed by atoms with E-state index in [2.05, 4.69) is 15.5 Å². The molecule has 7 heteroatoms. The SMILES string of the molecule is CCc1noc(-c2ccc(CCNC(=O)c3ccc(CN)cc3)cc2)n1.Cl. The number of nitrogens with zero attached hydrogens (tertiary/aromatic N) is 2. The van der Waals surface area contributed by atoms with Gasteiger partial charge in [-0.05, 0) is 41.8 Å². The number of aromatic nitrogens is 2. The van der Waals surface area contributed by atoms with Gasteiger partial charge < -0.3 is 15.6 Å². The molecule has 3 N–H and O–H groups in total. The molecule has 0 unspecified atom stereocenters. The number of nitrogens with one attached hydrogen (secondary N) is 1. The van der Waals surface area contributed by atoms with Gasteiger partial charge in [0, 0.05) is 30.6 Å². The third-order valence-corrected chi connectivity index (χ3v) is 4.14. The van der Waals surface area contributed by atoms with Crippen LogP contribution >= 0.6 is 12.4 Å². The first kappa shape index (κ1) is 20.6. The second kappa shape index (κ2) is 9.85. The summed E-state index contributed by atoms with van der Waals surface area (Å²) in [7, 11) is 0. The van der Waals surface area contributed by atoms with Crippen molar-refractivity contribution in [1.29, 1.82) is 0 Å². The molecule has 142 valence electrons. The Balaban J connectivity index is 0.00000261. The highest BCUT2D eigenvalue weighted by atomic mass is 35.5. The summed E-state index contributed by atoms with van der Waals surface area (Å²) in [6, 6.07) is 15.2. The van der Waals surface area contributed by atoms with Crippen LogP contribution < -0.4 is 11.1 Å². The van der Waals surface area contributed by atoms with E-state index in [1.807, 2.05) is 43.3 Å². The number of amides is 1. The van der Waals surface area contributed by atoms with Crippen molar-refractivity contribution in [2.75, 3.05) is 6.54 Å². The summed E-state index contributed by atoms with van der Waals surface area (Å²) in [5.74, 6) is 1.15. The number of rotatable bonds is 7. The molecule has 0 radical (unpaired) electrons. The normalized spacial score (nSPS) is 10.3. The van der Waals surface area contributed by atoms with Gasteiger partial charge in [-0.15, -0.1) is 12.4 Å². The van der Waals surface area contributed by atoms with Crippen LogP contribution in [-0.2, 0) is 19.4 Å². The van der Waals surface area contributed by atoms with Crippen molar-refractivity contribution in [2.24, 2.45) is 5.73 Å². The second-order valence-corrected chi connectivity index (χ2v) is 5.97. The molecule has 1 aromatic heterocycles. The standard InChI is InChI=1S/C20H22N4O2.ClH/c1-2-18-23-20(26-24-18)17-9-3-14(4-10-17)11-12-22-19(25)16-7-5-15(13-21)6-8-16;/h3-10H,2,11-13,21H2,1H3,(H,22,25);1H. The fourth-order valence-corrected chi connectivity index (χ4v) is 2.54. The van der Waals surface area contributed by atoms with Crippen LogP contribution in [-0.4, -0.2) is 22.6 Å². The van der Waals surface area contributed by atoms with E-state index >= 15 is 0 Å². The predicted octanol–water partition coefficient (Wildman–Crippen LogP) is 3.15. The highest BCUT2D eigenvalue weighted by Crippen LogP contribution is 2.18. The lowest BCUT2D eigenvalue weighted by Gasteiger charge is -2.06. The molecule has 3 rings (SSSR count). The van der Waals surface area contributed by atoms with Crippen LogP contribution in [0.15, 0.2) is 53.1 Å². The molecule has 6 nitrogen and oxygen atoms in total. The monoisotopic (exact) mass is 386 g/mol. The molecule has 0 atom stereocenters. The lowest BCUT2D eigenvalue weighted by molar-refractivity contribution is 0.0954. The molecule has 0 bridgehead atoms. The molecular weight excluding hydrogens is 364 g/mol. The summed E-state index contributed by atoms with van der Waals surface area (Å²) in [4.78, 5) is 16.5. The molecule has 0 aliphatic heterocycles. The third-order valence-electron chi connectivity index (χ3n) is 4.14. The maximum atomic E-state index is 12.1. The molecule has 0 aliphatic carbocycles. The van der Waals surface area contributed by atoms with Gasteiger partial charge in [0.15, 0.2) is 5.82 Å². The van der Waals surface area contributed by atoms with E-state index < -0.39 is 0 Å². The second-order valence-electron chi connectivity index (χ2n) is 5.97. The summed E-state index contributed by atoms with van der Waals surface area (Å²) in [5.41, 5.74) is 9.23. The van der Waals surface area contributed by atoms with Gasteiger partial charge in [0.1, 0.15) is 0 Å². The zero-order chi connectivity index (χ0) is 18.4. The van der Waals surface area contributed by atoms with E-state index in [1.54, 1.807) is 12.1 Å². The largest absolute Gasteiger partial charge is 0.352 e. The Morgan fingerprint density at radius 1 is 1.07 bits per heavy atom. The first-order valence-electron chi connectivity index (χ1n) is 8.68. The summed E-state index contributed by atoms with van der Waals surface area (Å²) in [5, 5.41) is 6.83. The molecular formula is C20H23ClN4O2. The van der Waals surface area contributed by atoms with E-state index in [4.69, 9.17) is 10.3 Å². The minimum Gasteiger partial charge on any atom is -0.352 e. The van der Waals surface area contributed by atoms with Crippen molar-refractivity contribution < 1.29 is 9.32 Å². The van der Waals surface area contributed by atoms with Crippen molar-refractivity contribution in [3.63, 3.8) is 0 Å². The smallest absolute Gasteiger partial charge is 0.257 e. The molecule has 0 fully saturated rings. The van der Waals surface area contributed by atoms with E-state index in [0.29, 0.717) is 30.4 Å². The molecule has 2 aromatic carbocycles. The van der Waals surface area contributed by atoms with Gasteiger partial charge in [0.05, 0.1) is 0 Å². The number of nitrogens with two attached hydrogens (primary N) is 1. The van der Waals surface area contributed by atoms with Gasteiger partial charge in [0.2, 0.25) is 0 Å². The molecule has 1 amide bonds. The van der Waals surface area contributed by atoms with Crippen LogP contribution in [0.1, 0.15) is 34.2 Å². The average Bonchev–Trinajstić information content (AvgIpc) is 3.18. The maximum absolute atomic E-state index is 12.1. The zero-order valence-corrected chi connectivity index (χ0v) is 16.0. The van der Waals surface area contributed by atoms with Crippen LogP contribution in [0, 0.1) is 0 Å². The van der Waals surface area contributed by atoms with Gasteiger partial charge >= 0.3 is 0 Å². The minimum absolute atomic E-state index is 0. The minimum atomic E-state index is -0.0804. The average molecular weight is 387 g/mol. The van der Waals surface area contributed by atoms with E-state index in [0.717, 1.165) is 29.5 Å². The quantitative estimate of drug-likeness (QED) is 0.650. The van der Waals surface area contributed by atoms with E-state index in [9.17, 15) is 4.79 Å². The Hall–Kier alpha value is -2.70. The van der Waals surface area contributed by atoms with Gasteiger partial charge in [-0.25, -0.2) is 0 Å². The number of hydrogen-bond donors (Lipinski definition) is 2. The molecule has 3 aromatic rings. The van der Waals surface area contributed by atoms with Crippen molar-refractivity contribution in [1.82, 2.24) is 15.5 Å². The Labute approximate surface area is 164 Å². The van der Waals surface area contributed by atoms with Crippen LogP contribution in [0.4, 0.5) is 0 Å². The van der Waals surface area contributed by atoms with E-state index in [-0.39, 0.29) is 18.3 Å². The molecule has 0 spiro atoms. The summed E-state index contributed by atoms with van der Waals surface area (Å²) in [6.07, 6.45) is 1.49. The highest BCUT2D eigenvalue weighted by molar-refractivity contribution is 5.94. The predicted molar refractivity (Wildman–Crippen MR) is 107 cm³/mol. The lowest BCUT2D eigenvalue weighted by Crippen LogP contribution is -2.25. The molecule has 1 heterocycles. The Kier molecular flexibility index (Phi) is 7.52. The van der Waals surface area contributed by atoms with Crippen molar-refractivity contribution in [3.8, 4) is 11.5 Å². The lowest BCUT2D eigenvalue weighted by atomic mass is 10.1. The maximum Gasteiger partial charge on any atom is 0.257 e. The van der Waals surface area contributed by atoms with Gasteiger partial charge in [-0.2, -0.15) is 4.98 Å². The number of halogens is 1. The molecule has 0 aliphatic rings. The Morgan fingerprint density at radius 2 is 1.74 bits per heavy atom. The fourth-order valence-electron chi connectivity index (χ4n) is 2.54. The van der Waals surface area contributed by atoms with Crippen molar-refractivity contribution in [3.05, 3.63) is 71.0 Å². The number of carbonyl (C=O) groups excluding carboxylic acids is 1. The molecule has 27 heavy (non-hydrogen) atoms. The summed E-state index contributed by atoms with van der Waals surface area (Å²) >= 11 is 0. The third kappa shape index (κ3) is 5.39. The number of benzene rings is 2. The van der Waals surface area contributed by atoms with Crippen LogP contribution in [0.3, 0.4) is 0 Å². The zero-order valence-electron chi connectivity index (χ0n) is 15.1. The Morgan fingerprint density at radius 3 is 2.33 bits per heavy atom. The van der Waals surface area contributed by atoms with Crippen LogP contribution in [0.5, 0.6) is 0 Å². The van der Waals surface area contributed by atoms with Crippen molar-refractivity contribution >= 4 is 18.3 Å². The van der Waals surface area contributed by atoms with Gasteiger partial charge in [-0.1, -0.05) is 36.3 Å².